The molecule has 5 heteroatoms. The summed E-state index contributed by atoms with van der Waals surface area (Å²) < 4.78 is 13.8. The highest BCUT2D eigenvalue weighted by molar-refractivity contribution is 5.94. The van der Waals surface area contributed by atoms with Gasteiger partial charge in [0.2, 0.25) is 11.8 Å². The van der Waals surface area contributed by atoms with Crippen molar-refractivity contribution in [3.8, 4) is 0 Å². The van der Waals surface area contributed by atoms with Crippen LogP contribution in [-0.2, 0) is 9.59 Å². The van der Waals surface area contributed by atoms with E-state index in [9.17, 15) is 14.0 Å². The molecule has 2 amide bonds. The van der Waals surface area contributed by atoms with Crippen molar-refractivity contribution in [1.29, 1.82) is 0 Å². The standard InChI is InChI=1S/C20H25FN2O2/c21-14-7-4-6-13(12-14)18(19(24)22-15-8-2-1-3-9-15)23-17-11-5-10-16(17)20(23)25/h4,6-7,12,15-18H,1-3,5,8-11H2,(H,22,24)/t16-,17+,18?/m1/s1. The number of nitrogens with zero attached hydrogens (tertiary/aromatic N) is 1. The van der Waals surface area contributed by atoms with Gasteiger partial charge in [0.15, 0.2) is 0 Å². The molecule has 1 unspecified atom stereocenters. The van der Waals surface area contributed by atoms with Crippen LogP contribution < -0.4 is 5.32 Å². The van der Waals surface area contributed by atoms with Crippen LogP contribution in [0.3, 0.4) is 0 Å². The molecule has 1 saturated heterocycles. The van der Waals surface area contributed by atoms with E-state index in [1.54, 1.807) is 17.0 Å². The van der Waals surface area contributed by atoms with Crippen LogP contribution >= 0.6 is 0 Å². The minimum Gasteiger partial charge on any atom is -0.351 e. The number of β-lactam (4-membered cyclic amide) rings is 1. The molecule has 1 aromatic carbocycles. The average Bonchev–Trinajstić information content (AvgIpc) is 3.04. The fraction of sp³-hybridized carbons (Fsp3) is 0.600. The highest BCUT2D eigenvalue weighted by Crippen LogP contribution is 2.45. The molecule has 25 heavy (non-hydrogen) atoms. The molecule has 0 bridgehead atoms. The van der Waals surface area contributed by atoms with Gasteiger partial charge in [-0.1, -0.05) is 37.8 Å². The van der Waals surface area contributed by atoms with Gasteiger partial charge in [0, 0.05) is 12.1 Å². The van der Waals surface area contributed by atoms with Crippen LogP contribution in [0, 0.1) is 11.7 Å². The molecule has 2 saturated carbocycles. The Hall–Kier alpha value is -1.91. The molecule has 0 radical (unpaired) electrons. The summed E-state index contributed by atoms with van der Waals surface area (Å²) in [5, 5.41) is 3.13. The van der Waals surface area contributed by atoms with Crippen molar-refractivity contribution in [3.05, 3.63) is 35.6 Å². The van der Waals surface area contributed by atoms with E-state index >= 15 is 0 Å². The van der Waals surface area contributed by atoms with Crippen LogP contribution in [0.5, 0.6) is 0 Å². The van der Waals surface area contributed by atoms with Crippen molar-refractivity contribution in [3.63, 3.8) is 0 Å². The molecule has 0 aromatic heterocycles. The zero-order valence-electron chi connectivity index (χ0n) is 14.4. The molecule has 1 heterocycles. The quantitative estimate of drug-likeness (QED) is 0.852. The van der Waals surface area contributed by atoms with Crippen molar-refractivity contribution in [2.24, 2.45) is 5.92 Å². The molecule has 3 aliphatic rings. The third-order valence-corrected chi connectivity index (χ3v) is 6.05. The van der Waals surface area contributed by atoms with Gasteiger partial charge in [-0.25, -0.2) is 4.39 Å². The number of carbonyl (C=O) groups excluding carboxylic acids is 2. The zero-order valence-corrected chi connectivity index (χ0v) is 14.4. The number of fused-ring (bicyclic) bond motifs is 1. The number of benzene rings is 1. The maximum Gasteiger partial charge on any atom is 0.247 e. The van der Waals surface area contributed by atoms with Crippen molar-refractivity contribution in [2.45, 2.75) is 69.5 Å². The fourth-order valence-corrected chi connectivity index (χ4v) is 4.79. The van der Waals surface area contributed by atoms with Crippen LogP contribution in [0.2, 0.25) is 0 Å². The molecule has 4 rings (SSSR count). The Bertz CT molecular complexity index is 671. The fourth-order valence-electron chi connectivity index (χ4n) is 4.79. The van der Waals surface area contributed by atoms with Gasteiger partial charge in [0.1, 0.15) is 11.9 Å². The maximum absolute atomic E-state index is 13.8. The van der Waals surface area contributed by atoms with Crippen molar-refractivity contribution < 1.29 is 14.0 Å². The van der Waals surface area contributed by atoms with Crippen molar-refractivity contribution in [1.82, 2.24) is 10.2 Å². The predicted octanol–water partition coefficient (Wildman–Crippen LogP) is 3.33. The van der Waals surface area contributed by atoms with Gasteiger partial charge < -0.3 is 10.2 Å². The normalized spacial score (nSPS) is 27.6. The SMILES string of the molecule is O=C(NC1CCCCC1)C(c1cccc(F)c1)N1C(=O)[C@@H]2CCC[C@@H]21. The number of likely N-dealkylation sites (tertiary alicyclic amines) is 1. The molecule has 1 aliphatic heterocycles. The van der Waals surface area contributed by atoms with Crippen LogP contribution in [-0.4, -0.2) is 28.8 Å². The van der Waals surface area contributed by atoms with E-state index in [0.29, 0.717) is 5.56 Å². The number of amides is 2. The Labute approximate surface area is 147 Å². The Morgan fingerprint density at radius 2 is 1.92 bits per heavy atom. The molecular weight excluding hydrogens is 319 g/mol. The molecule has 134 valence electrons. The number of halogens is 1. The molecule has 3 fully saturated rings. The molecule has 1 N–H and O–H groups in total. The number of carbonyl (C=O) groups is 2. The summed E-state index contributed by atoms with van der Waals surface area (Å²) >= 11 is 0. The largest absolute Gasteiger partial charge is 0.351 e. The lowest BCUT2D eigenvalue weighted by atomic mass is 9.86. The van der Waals surface area contributed by atoms with E-state index in [2.05, 4.69) is 5.32 Å². The Morgan fingerprint density at radius 3 is 2.68 bits per heavy atom. The summed E-state index contributed by atoms with van der Waals surface area (Å²) in [5.74, 6) is -0.408. The van der Waals surface area contributed by atoms with E-state index in [0.717, 1.165) is 44.9 Å². The van der Waals surface area contributed by atoms with Gasteiger partial charge in [0.05, 0.1) is 5.92 Å². The van der Waals surface area contributed by atoms with E-state index in [4.69, 9.17) is 0 Å². The summed E-state index contributed by atoms with van der Waals surface area (Å²) in [5.41, 5.74) is 0.576. The first-order valence-electron chi connectivity index (χ1n) is 9.53. The van der Waals surface area contributed by atoms with Gasteiger partial charge in [-0.3, -0.25) is 9.59 Å². The second-order valence-corrected chi connectivity index (χ2v) is 7.65. The summed E-state index contributed by atoms with van der Waals surface area (Å²) in [6.07, 6.45) is 8.33. The maximum atomic E-state index is 13.8. The number of rotatable bonds is 4. The van der Waals surface area contributed by atoms with Crippen LogP contribution in [0.1, 0.15) is 63.0 Å². The van der Waals surface area contributed by atoms with E-state index in [1.807, 2.05) is 0 Å². The minimum atomic E-state index is -0.704. The van der Waals surface area contributed by atoms with Gasteiger partial charge in [-0.05, 0) is 43.4 Å². The summed E-state index contributed by atoms with van der Waals surface area (Å²) in [7, 11) is 0. The Balaban J connectivity index is 1.59. The van der Waals surface area contributed by atoms with Gasteiger partial charge in [-0.2, -0.15) is 0 Å². The average molecular weight is 344 g/mol. The number of hydrogen-bond donors (Lipinski definition) is 1. The Kier molecular flexibility index (Phi) is 4.48. The monoisotopic (exact) mass is 344 g/mol. The molecule has 0 spiro atoms. The molecular formula is C20H25FN2O2. The third-order valence-electron chi connectivity index (χ3n) is 6.05. The molecule has 1 aromatic rings. The van der Waals surface area contributed by atoms with Crippen LogP contribution in [0.25, 0.3) is 0 Å². The van der Waals surface area contributed by atoms with Gasteiger partial charge in [-0.15, -0.1) is 0 Å². The Morgan fingerprint density at radius 1 is 1.12 bits per heavy atom. The second-order valence-electron chi connectivity index (χ2n) is 7.65. The summed E-state index contributed by atoms with van der Waals surface area (Å²) in [6, 6.07) is 5.73. The smallest absolute Gasteiger partial charge is 0.247 e. The van der Waals surface area contributed by atoms with Crippen molar-refractivity contribution in [2.75, 3.05) is 0 Å². The third kappa shape index (κ3) is 3.05. The first kappa shape index (κ1) is 16.6. The first-order valence-corrected chi connectivity index (χ1v) is 9.53. The molecule has 3 atom stereocenters. The lowest BCUT2D eigenvalue weighted by molar-refractivity contribution is -0.163. The topological polar surface area (TPSA) is 49.4 Å². The van der Waals surface area contributed by atoms with E-state index in [1.165, 1.54) is 18.6 Å². The van der Waals surface area contributed by atoms with Gasteiger partial charge >= 0.3 is 0 Å². The highest BCUT2D eigenvalue weighted by Gasteiger charge is 2.54. The van der Waals surface area contributed by atoms with Crippen molar-refractivity contribution >= 4 is 11.8 Å². The molecule has 2 aliphatic carbocycles. The minimum absolute atomic E-state index is 0.0514. The lowest BCUT2D eigenvalue weighted by Crippen LogP contribution is -2.62. The highest BCUT2D eigenvalue weighted by atomic mass is 19.1. The second kappa shape index (κ2) is 6.77. The summed E-state index contributed by atoms with van der Waals surface area (Å²) in [4.78, 5) is 27.4. The first-order chi connectivity index (χ1) is 12.1. The predicted molar refractivity (Wildman–Crippen MR) is 92.1 cm³/mol. The molecule has 4 nitrogen and oxygen atoms in total. The van der Waals surface area contributed by atoms with Crippen LogP contribution in [0.15, 0.2) is 24.3 Å². The van der Waals surface area contributed by atoms with E-state index < -0.39 is 6.04 Å². The summed E-state index contributed by atoms with van der Waals surface area (Å²) in [6.45, 7) is 0. The number of nitrogens with one attached hydrogen (secondary N) is 1. The number of hydrogen-bond acceptors (Lipinski definition) is 2. The van der Waals surface area contributed by atoms with E-state index in [-0.39, 0.29) is 35.6 Å². The zero-order chi connectivity index (χ0) is 17.4. The lowest BCUT2D eigenvalue weighted by Gasteiger charge is -2.48. The van der Waals surface area contributed by atoms with Gasteiger partial charge in [0.25, 0.3) is 0 Å². The van der Waals surface area contributed by atoms with Crippen LogP contribution in [0.4, 0.5) is 4.39 Å².